The second kappa shape index (κ2) is 9.43. The van der Waals surface area contributed by atoms with Crippen molar-refractivity contribution in [3.05, 3.63) is 119 Å². The van der Waals surface area contributed by atoms with Crippen LogP contribution in [0.15, 0.2) is 97.1 Å². The summed E-state index contributed by atoms with van der Waals surface area (Å²) in [6, 6.07) is 33.6. The van der Waals surface area contributed by atoms with Crippen molar-refractivity contribution in [1.29, 1.82) is 0 Å². The number of epoxide rings is 1. The van der Waals surface area contributed by atoms with Crippen molar-refractivity contribution in [3.63, 3.8) is 0 Å². The third-order valence-corrected chi connectivity index (χ3v) is 6.95. The van der Waals surface area contributed by atoms with Crippen LogP contribution in [0.5, 0.6) is 11.5 Å². The van der Waals surface area contributed by atoms with E-state index < -0.39 is 11.7 Å². The first-order valence-electron chi connectivity index (χ1n) is 12.2. The average Bonchev–Trinajstić information content (AvgIpc) is 3.70. The van der Waals surface area contributed by atoms with Crippen LogP contribution in [0.1, 0.15) is 22.3 Å². The van der Waals surface area contributed by atoms with Gasteiger partial charge in [0, 0.05) is 7.11 Å². The van der Waals surface area contributed by atoms with E-state index in [-0.39, 0.29) is 12.7 Å². The van der Waals surface area contributed by atoms with Crippen molar-refractivity contribution >= 4 is 0 Å². The lowest BCUT2D eigenvalue weighted by molar-refractivity contribution is -0.0663. The van der Waals surface area contributed by atoms with Crippen LogP contribution in [0.2, 0.25) is 0 Å². The minimum Gasteiger partial charge on any atom is -0.491 e. The van der Waals surface area contributed by atoms with Gasteiger partial charge in [-0.3, -0.25) is 0 Å². The number of rotatable bonds is 9. The van der Waals surface area contributed by atoms with Crippen LogP contribution < -0.4 is 9.47 Å². The summed E-state index contributed by atoms with van der Waals surface area (Å²) in [5.41, 5.74) is 6.70. The number of methoxy groups -OCH3 is 1. The molecule has 0 aromatic heterocycles. The molecule has 1 aliphatic carbocycles. The fourth-order valence-corrected chi connectivity index (χ4v) is 5.30. The summed E-state index contributed by atoms with van der Waals surface area (Å²) in [4.78, 5) is 0. The molecular formula is C31H28O5. The lowest BCUT2D eigenvalue weighted by Crippen LogP contribution is -2.28. The number of ether oxygens (including phenoxy) is 4. The Balaban J connectivity index is 1.47. The highest BCUT2D eigenvalue weighted by Gasteiger charge is 2.45. The third-order valence-electron chi connectivity index (χ3n) is 6.95. The summed E-state index contributed by atoms with van der Waals surface area (Å²) in [7, 11) is 1.53. The van der Waals surface area contributed by atoms with Crippen molar-refractivity contribution in [1.82, 2.24) is 0 Å². The Morgan fingerprint density at radius 1 is 0.806 bits per heavy atom. The van der Waals surface area contributed by atoms with Gasteiger partial charge in [-0.25, -0.2) is 0 Å². The van der Waals surface area contributed by atoms with E-state index in [1.54, 1.807) is 0 Å². The van der Waals surface area contributed by atoms with Gasteiger partial charge in [0.15, 0.2) is 0 Å². The van der Waals surface area contributed by atoms with Crippen LogP contribution in [0.25, 0.3) is 11.1 Å². The monoisotopic (exact) mass is 480 g/mol. The van der Waals surface area contributed by atoms with E-state index in [0.29, 0.717) is 12.4 Å². The van der Waals surface area contributed by atoms with Crippen LogP contribution in [-0.4, -0.2) is 44.4 Å². The van der Waals surface area contributed by atoms with Gasteiger partial charge in [0.25, 0.3) is 0 Å². The Hall–Kier alpha value is -3.64. The van der Waals surface area contributed by atoms with Gasteiger partial charge in [0.2, 0.25) is 6.29 Å². The fourth-order valence-electron chi connectivity index (χ4n) is 5.30. The van der Waals surface area contributed by atoms with Crippen LogP contribution in [-0.2, 0) is 14.9 Å². The highest BCUT2D eigenvalue weighted by atomic mass is 16.6. The number of aliphatic hydroxyl groups is 1. The first kappa shape index (κ1) is 22.8. The molecule has 36 heavy (non-hydrogen) atoms. The zero-order valence-electron chi connectivity index (χ0n) is 20.1. The molecule has 1 heterocycles. The van der Waals surface area contributed by atoms with Gasteiger partial charge >= 0.3 is 0 Å². The molecule has 6 rings (SSSR count). The minimum absolute atomic E-state index is 0.105. The van der Waals surface area contributed by atoms with Crippen molar-refractivity contribution in [3.8, 4) is 22.6 Å². The summed E-state index contributed by atoms with van der Waals surface area (Å²) >= 11 is 0. The fraction of sp³-hybridized carbons (Fsp3) is 0.226. The number of aliphatic hydroxyl groups excluding tert-OH is 1. The first-order chi connectivity index (χ1) is 17.7. The lowest BCUT2D eigenvalue weighted by atomic mass is 9.68. The van der Waals surface area contributed by atoms with Gasteiger partial charge in [-0.1, -0.05) is 72.8 Å². The molecule has 1 saturated heterocycles. The molecule has 4 aromatic carbocycles. The summed E-state index contributed by atoms with van der Waals surface area (Å²) in [6.07, 6.45) is -0.802. The van der Waals surface area contributed by atoms with E-state index in [1.807, 2.05) is 24.3 Å². The van der Waals surface area contributed by atoms with Crippen LogP contribution in [0.3, 0.4) is 0 Å². The van der Waals surface area contributed by atoms with Crippen molar-refractivity contribution in [2.75, 3.05) is 26.9 Å². The molecule has 5 heteroatoms. The maximum absolute atomic E-state index is 10.0. The van der Waals surface area contributed by atoms with E-state index in [9.17, 15) is 5.11 Å². The molecule has 5 nitrogen and oxygen atoms in total. The number of benzene rings is 4. The molecule has 2 unspecified atom stereocenters. The Labute approximate surface area is 210 Å². The smallest absolute Gasteiger partial charge is 0.221 e. The topological polar surface area (TPSA) is 60.5 Å². The summed E-state index contributed by atoms with van der Waals surface area (Å²) in [6.45, 7) is 1.46. The molecule has 0 amide bonds. The number of fused-ring (bicyclic) bond motifs is 3. The summed E-state index contributed by atoms with van der Waals surface area (Å²) < 4.78 is 21.8. The molecule has 2 aliphatic rings. The normalized spacial score (nSPS) is 17.7. The van der Waals surface area contributed by atoms with E-state index in [2.05, 4.69) is 72.8 Å². The number of hydrogen-bond acceptors (Lipinski definition) is 5. The molecule has 1 aliphatic heterocycles. The highest BCUT2D eigenvalue weighted by Crippen LogP contribution is 2.56. The van der Waals surface area contributed by atoms with Gasteiger partial charge < -0.3 is 24.1 Å². The van der Waals surface area contributed by atoms with Crippen LogP contribution >= 0.6 is 0 Å². The zero-order valence-corrected chi connectivity index (χ0v) is 20.1. The average molecular weight is 481 g/mol. The van der Waals surface area contributed by atoms with E-state index in [0.717, 1.165) is 23.5 Å². The Morgan fingerprint density at radius 2 is 1.33 bits per heavy atom. The zero-order chi connectivity index (χ0) is 24.5. The summed E-state index contributed by atoms with van der Waals surface area (Å²) in [5.74, 6) is 1.42. The third kappa shape index (κ3) is 3.95. The lowest BCUT2D eigenvalue weighted by Gasteiger charge is -2.34. The molecule has 0 saturated carbocycles. The SMILES string of the molecule is COCC(O)Oc1ccc(C2(c3ccc(OCC4CO4)cc3)c3ccccc3-c3ccccc32)cc1. The summed E-state index contributed by atoms with van der Waals surface area (Å²) in [5, 5.41) is 10.0. The predicted molar refractivity (Wildman–Crippen MR) is 137 cm³/mol. The molecule has 0 radical (unpaired) electrons. The second-order valence-electron chi connectivity index (χ2n) is 9.18. The molecule has 2 atom stereocenters. The molecule has 1 N–H and O–H groups in total. The largest absolute Gasteiger partial charge is 0.491 e. The minimum atomic E-state index is -1.02. The Morgan fingerprint density at radius 3 is 1.86 bits per heavy atom. The van der Waals surface area contributed by atoms with E-state index in [4.69, 9.17) is 18.9 Å². The van der Waals surface area contributed by atoms with Crippen molar-refractivity contribution < 1.29 is 24.1 Å². The standard InChI is InChI=1S/C31H28O5/c1-33-20-30(32)36-24-16-12-22(13-17-24)31(21-10-14-23(15-11-21)34-18-25-19-35-25)28-8-4-2-6-26(28)27-7-3-5-9-29(27)31/h2-17,25,30,32H,18-20H2,1H3. The van der Waals surface area contributed by atoms with Gasteiger partial charge in [-0.05, 0) is 57.6 Å². The molecular weight excluding hydrogens is 452 g/mol. The Bertz CT molecular complexity index is 1300. The molecule has 0 bridgehead atoms. The van der Waals surface area contributed by atoms with Gasteiger partial charge in [0.1, 0.15) is 30.8 Å². The maximum Gasteiger partial charge on any atom is 0.221 e. The van der Waals surface area contributed by atoms with Crippen molar-refractivity contribution in [2.24, 2.45) is 0 Å². The van der Waals surface area contributed by atoms with Crippen molar-refractivity contribution in [2.45, 2.75) is 17.8 Å². The predicted octanol–water partition coefficient (Wildman–Crippen LogP) is 5.17. The van der Waals surface area contributed by atoms with E-state index >= 15 is 0 Å². The Kier molecular flexibility index (Phi) is 5.97. The van der Waals surface area contributed by atoms with Gasteiger partial charge in [-0.15, -0.1) is 0 Å². The second-order valence-corrected chi connectivity index (χ2v) is 9.18. The highest BCUT2D eigenvalue weighted by molar-refractivity contribution is 5.86. The van der Waals surface area contributed by atoms with Crippen LogP contribution in [0, 0.1) is 0 Å². The molecule has 4 aromatic rings. The molecule has 0 spiro atoms. The number of hydrogen-bond donors (Lipinski definition) is 1. The van der Waals surface area contributed by atoms with Gasteiger partial charge in [0.05, 0.1) is 12.0 Å². The quantitative estimate of drug-likeness (QED) is 0.233. The van der Waals surface area contributed by atoms with E-state index in [1.165, 1.54) is 29.4 Å². The molecule has 1 fully saturated rings. The molecule has 182 valence electrons. The maximum atomic E-state index is 10.0. The first-order valence-corrected chi connectivity index (χ1v) is 12.2. The van der Waals surface area contributed by atoms with Crippen LogP contribution in [0.4, 0.5) is 0 Å². The van der Waals surface area contributed by atoms with Gasteiger partial charge in [-0.2, -0.15) is 0 Å².